The van der Waals surface area contributed by atoms with Gasteiger partial charge in [0.1, 0.15) is 11.5 Å². The van der Waals surface area contributed by atoms with E-state index < -0.39 is 24.7 Å². The number of nitrogens with one attached hydrogen (secondary N) is 1. The molecule has 9 nitrogen and oxygen atoms in total. The lowest BCUT2D eigenvalue weighted by atomic mass is 9.97. The first kappa shape index (κ1) is 33.1. The maximum Gasteiger partial charge on any atom is 0.490 e. The van der Waals surface area contributed by atoms with Crippen molar-refractivity contribution < 1.29 is 36.8 Å². The van der Waals surface area contributed by atoms with Crippen LogP contribution in [-0.4, -0.2) is 58.7 Å². The van der Waals surface area contributed by atoms with E-state index in [4.69, 9.17) is 9.51 Å². The van der Waals surface area contributed by atoms with Crippen molar-refractivity contribution in [2.45, 2.75) is 38.3 Å². The van der Waals surface area contributed by atoms with Gasteiger partial charge in [-0.15, -0.1) is 22.7 Å². The summed E-state index contributed by atoms with van der Waals surface area (Å²) in [7, 11) is 0. The zero-order valence-electron chi connectivity index (χ0n) is 25.6. The number of aryl methyl sites for hydroxylation is 1. The van der Waals surface area contributed by atoms with Gasteiger partial charge in [-0.25, -0.2) is 9.78 Å². The first-order chi connectivity index (χ1) is 23.0. The van der Waals surface area contributed by atoms with Crippen LogP contribution in [0, 0.1) is 6.92 Å². The number of hydrogen-bond donors (Lipinski definition) is 1. The van der Waals surface area contributed by atoms with Crippen molar-refractivity contribution in [3.8, 4) is 33.6 Å². The fraction of sp³-hybridized carbons (Fsp3) is 0.265. The van der Waals surface area contributed by atoms with Crippen LogP contribution in [0.25, 0.3) is 33.6 Å². The second kappa shape index (κ2) is 14.1. The summed E-state index contributed by atoms with van der Waals surface area (Å²) in [5, 5.41) is 11.8. The predicted octanol–water partition coefficient (Wildman–Crippen LogP) is 7.49. The van der Waals surface area contributed by atoms with Gasteiger partial charge in [-0.05, 0) is 60.5 Å². The summed E-state index contributed by atoms with van der Waals surface area (Å²) >= 11 is 3.19. The second-order valence-corrected chi connectivity index (χ2v) is 13.2. The number of piperidine rings is 1. The number of carbonyl (C=O) groups is 3. The fourth-order valence-corrected chi connectivity index (χ4v) is 7.22. The number of aromatic nitrogens is 2. The Morgan fingerprint density at radius 2 is 1.73 bits per heavy atom. The third-order valence-electron chi connectivity index (χ3n) is 7.92. The lowest BCUT2D eigenvalue weighted by Gasteiger charge is -2.31. The number of rotatable bonds is 9. The van der Waals surface area contributed by atoms with Crippen LogP contribution in [0.15, 0.2) is 75.9 Å². The normalized spacial score (nSPS) is 13.8. The molecule has 2 amide bonds. The van der Waals surface area contributed by atoms with Gasteiger partial charge < -0.3 is 19.5 Å². The van der Waals surface area contributed by atoms with Crippen LogP contribution < -0.4 is 5.32 Å². The SMILES string of the molecule is Cc1onc(-c2cccc(-c3cccc(NC(=O)COC(=O)C(F)(F)F)c3)c2)c1-c1csc(C2CCN(C(=O)Cc3cccs3)CC2)n1. The molecule has 14 heteroatoms. The Hall–Kier alpha value is -4.82. The average Bonchev–Trinajstić information content (AvgIpc) is 3.85. The summed E-state index contributed by atoms with van der Waals surface area (Å²) in [6.45, 7) is 2.17. The van der Waals surface area contributed by atoms with Crippen molar-refractivity contribution in [3.63, 3.8) is 0 Å². The molecule has 248 valence electrons. The highest BCUT2D eigenvalue weighted by molar-refractivity contribution is 7.10. The third kappa shape index (κ3) is 7.66. The Morgan fingerprint density at radius 3 is 2.46 bits per heavy atom. The summed E-state index contributed by atoms with van der Waals surface area (Å²) in [5.74, 6) is -2.30. The summed E-state index contributed by atoms with van der Waals surface area (Å²) in [4.78, 5) is 43.8. The Bertz CT molecular complexity index is 1930. The fourth-order valence-electron chi connectivity index (χ4n) is 5.54. The highest BCUT2D eigenvalue weighted by Crippen LogP contribution is 2.39. The molecule has 0 aliphatic carbocycles. The lowest BCUT2D eigenvalue weighted by Crippen LogP contribution is -2.38. The molecule has 0 bridgehead atoms. The van der Waals surface area contributed by atoms with Crippen molar-refractivity contribution in [2.24, 2.45) is 0 Å². The second-order valence-electron chi connectivity index (χ2n) is 11.2. The molecule has 0 spiro atoms. The molecule has 1 saturated heterocycles. The van der Waals surface area contributed by atoms with E-state index in [9.17, 15) is 27.6 Å². The van der Waals surface area contributed by atoms with E-state index >= 15 is 0 Å². The predicted molar refractivity (Wildman–Crippen MR) is 175 cm³/mol. The quantitative estimate of drug-likeness (QED) is 0.159. The molecule has 48 heavy (non-hydrogen) atoms. The number of anilines is 1. The number of carbonyl (C=O) groups excluding carboxylic acids is 3. The Labute approximate surface area is 281 Å². The average molecular weight is 695 g/mol. The number of halogens is 3. The Morgan fingerprint density at radius 1 is 1.00 bits per heavy atom. The summed E-state index contributed by atoms with van der Waals surface area (Å²) in [6.07, 6.45) is -3.05. The van der Waals surface area contributed by atoms with Gasteiger partial charge in [0.15, 0.2) is 6.61 Å². The van der Waals surface area contributed by atoms with E-state index in [1.165, 1.54) is 0 Å². The number of thiophene rings is 1. The van der Waals surface area contributed by atoms with Crippen molar-refractivity contribution in [2.75, 3.05) is 25.0 Å². The van der Waals surface area contributed by atoms with Crippen LogP contribution in [0.1, 0.15) is 34.4 Å². The van der Waals surface area contributed by atoms with Gasteiger partial charge in [-0.2, -0.15) is 13.2 Å². The number of thiazole rings is 1. The molecule has 0 atom stereocenters. The summed E-state index contributed by atoms with van der Waals surface area (Å²) in [6, 6.07) is 18.2. The van der Waals surface area contributed by atoms with Gasteiger partial charge in [-0.3, -0.25) is 9.59 Å². The van der Waals surface area contributed by atoms with Crippen LogP contribution in [0.3, 0.4) is 0 Å². The van der Waals surface area contributed by atoms with E-state index in [0.717, 1.165) is 50.7 Å². The zero-order chi connectivity index (χ0) is 33.8. The molecule has 1 aliphatic heterocycles. The van der Waals surface area contributed by atoms with Gasteiger partial charge in [-0.1, -0.05) is 41.6 Å². The van der Waals surface area contributed by atoms with Crippen LogP contribution >= 0.6 is 22.7 Å². The monoisotopic (exact) mass is 694 g/mol. The van der Waals surface area contributed by atoms with Crippen LogP contribution in [0.5, 0.6) is 0 Å². The Balaban J connectivity index is 1.14. The minimum atomic E-state index is -5.18. The lowest BCUT2D eigenvalue weighted by molar-refractivity contribution is -0.199. The smallest absolute Gasteiger partial charge is 0.449 e. The summed E-state index contributed by atoms with van der Waals surface area (Å²) < 4.78 is 46.8. The first-order valence-corrected chi connectivity index (χ1v) is 16.8. The van der Waals surface area contributed by atoms with Gasteiger partial charge >= 0.3 is 12.1 Å². The molecule has 3 aromatic heterocycles. The molecule has 1 fully saturated rings. The maximum atomic E-state index is 12.8. The number of hydrogen-bond acceptors (Lipinski definition) is 9. The molecule has 1 N–H and O–H groups in total. The molecule has 0 unspecified atom stereocenters. The molecule has 0 radical (unpaired) electrons. The highest BCUT2D eigenvalue weighted by atomic mass is 32.1. The minimum Gasteiger partial charge on any atom is -0.449 e. The molecule has 6 rings (SSSR count). The molecule has 0 saturated carbocycles. The number of esters is 1. The summed E-state index contributed by atoms with van der Waals surface area (Å²) in [5.41, 5.74) is 4.78. The standard InChI is InChI=1S/C34H29F3N4O5S2/c1-20-30(27-19-48-32(39-27)21-10-12-41(13-11-21)29(43)17-26-9-4-14-47-26)31(40-46-20)24-7-2-5-22(15-24)23-6-3-8-25(16-23)38-28(42)18-45-33(44)34(35,36)37/h2-9,14-16,19,21H,10-13,17-18H2,1H3,(H,38,42). The van der Waals surface area contributed by atoms with E-state index in [1.54, 1.807) is 40.9 Å². The van der Waals surface area contributed by atoms with E-state index in [0.29, 0.717) is 36.7 Å². The van der Waals surface area contributed by atoms with Crippen molar-refractivity contribution in [1.82, 2.24) is 15.0 Å². The maximum absolute atomic E-state index is 12.8. The van der Waals surface area contributed by atoms with E-state index in [1.807, 2.05) is 65.0 Å². The van der Waals surface area contributed by atoms with Crippen LogP contribution in [0.2, 0.25) is 0 Å². The molecule has 2 aromatic carbocycles. The third-order valence-corrected chi connectivity index (χ3v) is 9.81. The largest absolute Gasteiger partial charge is 0.490 e. The molecular weight excluding hydrogens is 666 g/mol. The van der Waals surface area contributed by atoms with Crippen LogP contribution in [-0.2, 0) is 25.5 Å². The first-order valence-electron chi connectivity index (χ1n) is 15.0. The number of likely N-dealkylation sites (tertiary alicyclic amines) is 1. The van der Waals surface area contributed by atoms with Crippen molar-refractivity contribution in [1.29, 1.82) is 0 Å². The van der Waals surface area contributed by atoms with Crippen molar-refractivity contribution >= 4 is 46.1 Å². The molecule has 1 aliphatic rings. The van der Waals surface area contributed by atoms with Crippen molar-refractivity contribution in [3.05, 3.63) is 87.1 Å². The molecule has 5 aromatic rings. The topological polar surface area (TPSA) is 115 Å². The zero-order valence-corrected chi connectivity index (χ0v) is 27.2. The number of amides is 2. The number of ether oxygens (including phenoxy) is 1. The van der Waals surface area contributed by atoms with Gasteiger partial charge in [0.05, 0.1) is 22.7 Å². The van der Waals surface area contributed by atoms with Gasteiger partial charge in [0.25, 0.3) is 5.91 Å². The van der Waals surface area contributed by atoms with Crippen LogP contribution in [0.4, 0.5) is 18.9 Å². The van der Waals surface area contributed by atoms with Gasteiger partial charge in [0, 0.05) is 40.5 Å². The highest BCUT2D eigenvalue weighted by Gasteiger charge is 2.41. The number of alkyl halides is 3. The Kier molecular flexibility index (Phi) is 9.73. The van der Waals surface area contributed by atoms with Gasteiger partial charge in [0.2, 0.25) is 5.91 Å². The molecular formula is C34H29F3N4O5S2. The van der Waals surface area contributed by atoms with E-state index in [-0.39, 0.29) is 11.8 Å². The number of nitrogens with zero attached hydrogens (tertiary/aromatic N) is 3. The van der Waals surface area contributed by atoms with E-state index in [2.05, 4.69) is 15.2 Å². The number of benzene rings is 2. The minimum absolute atomic E-state index is 0.159. The molecule has 4 heterocycles.